The van der Waals surface area contributed by atoms with Crippen LogP contribution < -0.4 is 0 Å². The minimum absolute atomic E-state index is 0.172. The van der Waals surface area contributed by atoms with Crippen LogP contribution in [0.4, 0.5) is 4.79 Å². The first-order chi connectivity index (χ1) is 7.38. The van der Waals surface area contributed by atoms with Gasteiger partial charge in [0, 0.05) is 28.1 Å². The molecule has 14 heavy (non-hydrogen) atoms. The molecule has 4 heteroatoms. The summed E-state index contributed by atoms with van der Waals surface area (Å²) in [5.41, 5.74) is 0. The molecule has 1 N–H and O–H groups in total. The zero-order valence-electron chi connectivity index (χ0n) is 10.3. The molecule has 0 atom stereocenters. The molecular formula is C10H17NO3. The third-order valence-electron chi connectivity index (χ3n) is 2.49. The molecule has 1 fully saturated rings. The van der Waals surface area contributed by atoms with Gasteiger partial charge in [-0.2, -0.15) is 0 Å². The summed E-state index contributed by atoms with van der Waals surface area (Å²) in [5, 5.41) is 8.74. The van der Waals surface area contributed by atoms with Crippen LogP contribution in [0.5, 0.6) is 0 Å². The molecule has 1 amide bonds. The maximum Gasteiger partial charge on any atom is 0.407 e. The Morgan fingerprint density at radius 1 is 1.50 bits per heavy atom. The van der Waals surface area contributed by atoms with Gasteiger partial charge in [-0.05, 0) is 19.3 Å². The lowest BCUT2D eigenvalue weighted by atomic mass is 9.91. The van der Waals surface area contributed by atoms with E-state index in [4.69, 9.17) is 7.85 Å². The van der Waals surface area contributed by atoms with Crippen LogP contribution in [0.1, 0.15) is 35.3 Å². The first-order valence-electron chi connectivity index (χ1n) is 5.90. The highest BCUT2D eigenvalue weighted by molar-refractivity contribution is 5.81. The van der Waals surface area contributed by atoms with E-state index in [9.17, 15) is 9.59 Å². The van der Waals surface area contributed by atoms with Gasteiger partial charge in [-0.25, -0.2) is 4.79 Å². The predicted octanol–water partition coefficient (Wildman–Crippen LogP) is 1.75. The van der Waals surface area contributed by atoms with Gasteiger partial charge >= 0.3 is 6.09 Å². The molecular weight excluding hydrogens is 182 g/mol. The number of ketones is 1. The van der Waals surface area contributed by atoms with Gasteiger partial charge in [0.2, 0.25) is 0 Å². The number of piperidine rings is 1. The van der Waals surface area contributed by atoms with Crippen molar-refractivity contribution in [3.05, 3.63) is 0 Å². The minimum atomic E-state index is -1.77. The molecule has 0 bridgehead atoms. The van der Waals surface area contributed by atoms with Gasteiger partial charge in [0.05, 0.1) is 0 Å². The smallest absolute Gasteiger partial charge is 0.407 e. The average molecular weight is 201 g/mol. The van der Waals surface area contributed by atoms with E-state index in [1.54, 1.807) is 6.92 Å². The van der Waals surface area contributed by atoms with E-state index in [-0.39, 0.29) is 18.1 Å². The van der Waals surface area contributed by atoms with Gasteiger partial charge in [0.15, 0.2) is 0 Å². The van der Waals surface area contributed by atoms with Gasteiger partial charge < -0.3 is 10.0 Å². The molecule has 1 heterocycles. The van der Waals surface area contributed by atoms with Gasteiger partial charge in [-0.15, -0.1) is 0 Å². The fraction of sp³-hybridized carbons (Fsp3) is 0.800. The van der Waals surface area contributed by atoms with Crippen LogP contribution in [0.15, 0.2) is 0 Å². The number of rotatable bonds is 3. The highest BCUT2D eigenvalue weighted by Crippen LogP contribution is 2.19. The molecule has 0 unspecified atom stereocenters. The second kappa shape index (κ2) is 4.98. The van der Waals surface area contributed by atoms with Gasteiger partial charge in [-0.3, -0.25) is 4.79 Å². The molecule has 0 radical (unpaired) electrons. The largest absolute Gasteiger partial charge is 0.465 e. The molecule has 1 saturated heterocycles. The Balaban J connectivity index is 2.54. The summed E-state index contributed by atoms with van der Waals surface area (Å²) in [4.78, 5) is 23.7. The maximum atomic E-state index is 11.8. The molecule has 0 spiro atoms. The zero-order valence-corrected chi connectivity index (χ0v) is 8.32. The minimum Gasteiger partial charge on any atom is -0.465 e. The third-order valence-corrected chi connectivity index (χ3v) is 2.49. The molecule has 80 valence electrons. The second-order valence-corrected chi connectivity index (χ2v) is 3.44. The number of nitrogens with zero attached hydrogens (tertiary/aromatic N) is 1. The normalized spacial score (nSPS) is 21.4. The second-order valence-electron chi connectivity index (χ2n) is 3.44. The lowest BCUT2D eigenvalue weighted by molar-refractivity contribution is -0.124. The molecule has 1 aliphatic heterocycles. The highest BCUT2D eigenvalue weighted by atomic mass is 16.4. The van der Waals surface area contributed by atoms with E-state index in [2.05, 4.69) is 0 Å². The Morgan fingerprint density at radius 2 is 2.07 bits per heavy atom. The van der Waals surface area contributed by atoms with Crippen LogP contribution in [0.3, 0.4) is 0 Å². The number of amides is 1. The van der Waals surface area contributed by atoms with E-state index < -0.39 is 12.5 Å². The van der Waals surface area contributed by atoms with Crippen molar-refractivity contribution in [2.45, 2.75) is 32.6 Å². The lowest BCUT2D eigenvalue weighted by Gasteiger charge is -2.29. The topological polar surface area (TPSA) is 57.6 Å². The van der Waals surface area contributed by atoms with Gasteiger partial charge in [0.1, 0.15) is 5.78 Å². The van der Waals surface area contributed by atoms with Crippen molar-refractivity contribution in [3.8, 4) is 0 Å². The summed E-state index contributed by atoms with van der Waals surface area (Å²) < 4.78 is 15.1. The van der Waals surface area contributed by atoms with Crippen molar-refractivity contribution >= 4 is 11.9 Å². The summed E-state index contributed by atoms with van der Waals surface area (Å²) in [6.07, 6.45) is -1.69. The van der Waals surface area contributed by atoms with Crippen LogP contribution in [-0.4, -0.2) is 35.0 Å². The Hall–Kier alpha value is -1.06. The quantitative estimate of drug-likeness (QED) is 0.756. The van der Waals surface area contributed by atoms with Crippen molar-refractivity contribution < 1.29 is 17.4 Å². The summed E-state index contributed by atoms with van der Waals surface area (Å²) in [6.45, 7) is 2.29. The summed E-state index contributed by atoms with van der Waals surface area (Å²) >= 11 is 0. The summed E-state index contributed by atoms with van der Waals surface area (Å²) in [6, 6.07) is 0. The summed E-state index contributed by atoms with van der Waals surface area (Å²) in [5.74, 6) is -0.703. The van der Waals surface area contributed by atoms with Crippen LogP contribution in [0.2, 0.25) is 0 Å². The maximum absolute atomic E-state index is 11.8. The zero-order chi connectivity index (χ0) is 12.3. The average Bonchev–Trinajstić information content (AvgIpc) is 2.28. The monoisotopic (exact) mass is 201 g/mol. The van der Waals surface area contributed by atoms with Crippen LogP contribution in [0, 0.1) is 5.92 Å². The number of hydrogen-bond acceptors (Lipinski definition) is 2. The van der Waals surface area contributed by atoms with Crippen molar-refractivity contribution in [1.29, 1.82) is 0 Å². The fourth-order valence-electron chi connectivity index (χ4n) is 1.65. The fourth-order valence-corrected chi connectivity index (χ4v) is 1.65. The first-order valence-corrected chi connectivity index (χ1v) is 4.90. The van der Waals surface area contributed by atoms with E-state index in [0.29, 0.717) is 25.9 Å². The number of carbonyl (C=O) groups excluding carboxylic acids is 1. The van der Waals surface area contributed by atoms with Crippen LogP contribution in [0.25, 0.3) is 0 Å². The van der Waals surface area contributed by atoms with Crippen LogP contribution >= 0.6 is 0 Å². The number of carbonyl (C=O) groups is 2. The molecule has 0 aliphatic carbocycles. The molecule has 4 nitrogen and oxygen atoms in total. The molecule has 1 aliphatic rings. The third kappa shape index (κ3) is 2.72. The molecule has 0 aromatic carbocycles. The van der Waals surface area contributed by atoms with Gasteiger partial charge in [0.25, 0.3) is 0 Å². The molecule has 0 aromatic rings. The Bertz CT molecular complexity index is 286. The SMILES string of the molecule is [2H]C([2H])(CC)C(=O)C1CCN(C(=O)O)CC1. The van der Waals surface area contributed by atoms with E-state index in [1.807, 2.05) is 0 Å². The molecule has 0 saturated carbocycles. The Kier molecular flexibility index (Phi) is 2.94. The van der Waals surface area contributed by atoms with Crippen LogP contribution in [-0.2, 0) is 4.79 Å². The van der Waals surface area contributed by atoms with Crippen molar-refractivity contribution in [2.75, 3.05) is 13.1 Å². The van der Waals surface area contributed by atoms with E-state index in [1.165, 1.54) is 4.90 Å². The highest BCUT2D eigenvalue weighted by Gasteiger charge is 2.26. The first kappa shape index (κ1) is 8.26. The van der Waals surface area contributed by atoms with Crippen molar-refractivity contribution in [2.24, 2.45) is 5.92 Å². The number of likely N-dealkylation sites (tertiary alicyclic amines) is 1. The number of Topliss-reactive ketones (excluding diaryl/α,β-unsaturated/α-hetero) is 1. The van der Waals surface area contributed by atoms with Crippen molar-refractivity contribution in [3.63, 3.8) is 0 Å². The Morgan fingerprint density at radius 3 is 2.50 bits per heavy atom. The molecule has 0 aromatic heterocycles. The van der Waals surface area contributed by atoms with E-state index in [0.717, 1.165) is 0 Å². The Labute approximate surface area is 86.7 Å². The lowest BCUT2D eigenvalue weighted by Crippen LogP contribution is -2.39. The number of hydrogen-bond donors (Lipinski definition) is 1. The molecule has 1 rings (SSSR count). The van der Waals surface area contributed by atoms with E-state index >= 15 is 0 Å². The predicted molar refractivity (Wildman–Crippen MR) is 52.2 cm³/mol. The van der Waals surface area contributed by atoms with Crippen molar-refractivity contribution in [1.82, 2.24) is 4.90 Å². The summed E-state index contributed by atoms with van der Waals surface area (Å²) in [7, 11) is 0. The number of carboxylic acid groups (broad SMARTS) is 1. The van der Waals surface area contributed by atoms with Gasteiger partial charge in [-0.1, -0.05) is 6.92 Å². The standard InChI is InChI=1S/C10H17NO3/c1-2-3-9(12)8-4-6-11(7-5-8)10(13)14/h8H,2-7H2,1H3,(H,13,14)/i3D2.